The van der Waals surface area contributed by atoms with Crippen LogP contribution in [0.2, 0.25) is 0 Å². The van der Waals surface area contributed by atoms with Crippen molar-refractivity contribution in [3.8, 4) is 22.4 Å². The number of nitrogens with zero attached hydrogens (tertiary/aromatic N) is 1. The standard InChI is InChI=1S/C16H11Cl2NO5S2/c1-10-15(12-3-2-4-14(9-12)26(18,22)23)16(19-24-10)11-5-7-13(8-6-11)25(17,20)21/h2-9H,1H3. The molecule has 3 aromatic rings. The maximum absolute atomic E-state index is 11.6. The SMILES string of the molecule is Cc1onc(-c2ccc(S(=O)(=O)Cl)cc2)c1-c1cccc(S(=O)(=O)Cl)c1. The summed E-state index contributed by atoms with van der Waals surface area (Å²) in [5, 5.41) is 4.01. The minimum Gasteiger partial charge on any atom is -0.360 e. The van der Waals surface area contributed by atoms with Crippen molar-refractivity contribution < 1.29 is 21.4 Å². The number of rotatable bonds is 4. The lowest BCUT2D eigenvalue weighted by Gasteiger charge is -2.05. The average molecular weight is 432 g/mol. The molecule has 2 aromatic carbocycles. The number of halogens is 2. The van der Waals surface area contributed by atoms with Crippen molar-refractivity contribution in [3.63, 3.8) is 0 Å². The van der Waals surface area contributed by atoms with Gasteiger partial charge in [0.05, 0.1) is 15.4 Å². The van der Waals surface area contributed by atoms with E-state index in [4.69, 9.17) is 25.9 Å². The zero-order valence-electron chi connectivity index (χ0n) is 13.2. The molecular weight excluding hydrogens is 421 g/mol. The molecule has 0 aliphatic carbocycles. The lowest BCUT2D eigenvalue weighted by molar-refractivity contribution is 0.400. The monoisotopic (exact) mass is 431 g/mol. The van der Waals surface area contributed by atoms with Gasteiger partial charge in [0.25, 0.3) is 18.1 Å². The first-order chi connectivity index (χ1) is 12.1. The van der Waals surface area contributed by atoms with Crippen LogP contribution >= 0.6 is 21.4 Å². The lowest BCUT2D eigenvalue weighted by atomic mass is 9.99. The Morgan fingerprint density at radius 1 is 0.846 bits per heavy atom. The molecule has 10 heteroatoms. The van der Waals surface area contributed by atoms with Crippen LogP contribution in [0.3, 0.4) is 0 Å². The van der Waals surface area contributed by atoms with Gasteiger partial charge in [-0.1, -0.05) is 29.4 Å². The Kier molecular flexibility index (Phi) is 4.87. The van der Waals surface area contributed by atoms with E-state index < -0.39 is 18.1 Å². The Bertz CT molecular complexity index is 1180. The van der Waals surface area contributed by atoms with E-state index in [1.165, 1.54) is 36.4 Å². The van der Waals surface area contributed by atoms with Crippen LogP contribution in [0.5, 0.6) is 0 Å². The van der Waals surface area contributed by atoms with Crippen LogP contribution in [0, 0.1) is 6.92 Å². The summed E-state index contributed by atoms with van der Waals surface area (Å²) in [6.45, 7) is 1.69. The van der Waals surface area contributed by atoms with E-state index in [2.05, 4.69) is 5.16 Å². The van der Waals surface area contributed by atoms with Gasteiger partial charge in [0.15, 0.2) is 0 Å². The summed E-state index contributed by atoms with van der Waals surface area (Å²) in [5.41, 5.74) is 2.15. The minimum absolute atomic E-state index is 0.0417. The molecule has 0 saturated carbocycles. The maximum atomic E-state index is 11.6. The van der Waals surface area contributed by atoms with Crippen molar-refractivity contribution >= 4 is 39.5 Å². The van der Waals surface area contributed by atoms with Crippen LogP contribution in [0.25, 0.3) is 22.4 Å². The van der Waals surface area contributed by atoms with Gasteiger partial charge >= 0.3 is 0 Å². The Morgan fingerprint density at radius 3 is 2.04 bits per heavy atom. The molecule has 0 fully saturated rings. The van der Waals surface area contributed by atoms with Crippen molar-refractivity contribution in [1.29, 1.82) is 0 Å². The average Bonchev–Trinajstić information content (AvgIpc) is 2.95. The molecule has 136 valence electrons. The number of aromatic nitrogens is 1. The first-order valence-corrected chi connectivity index (χ1v) is 11.8. The van der Waals surface area contributed by atoms with Crippen LogP contribution in [0.4, 0.5) is 0 Å². The van der Waals surface area contributed by atoms with Gasteiger partial charge in [-0.3, -0.25) is 0 Å². The third kappa shape index (κ3) is 3.78. The predicted octanol–water partition coefficient (Wildman–Crippen LogP) is 4.17. The molecule has 0 bridgehead atoms. The quantitative estimate of drug-likeness (QED) is 0.575. The molecule has 0 unspecified atom stereocenters. The normalized spacial score (nSPS) is 12.3. The van der Waals surface area contributed by atoms with E-state index in [1.807, 2.05) is 0 Å². The first kappa shape index (κ1) is 18.9. The molecule has 0 saturated heterocycles. The van der Waals surface area contributed by atoms with Crippen molar-refractivity contribution in [2.24, 2.45) is 0 Å². The highest BCUT2D eigenvalue weighted by Crippen LogP contribution is 2.36. The highest BCUT2D eigenvalue weighted by Gasteiger charge is 2.19. The summed E-state index contributed by atoms with van der Waals surface area (Å²) in [6, 6.07) is 11.8. The zero-order valence-corrected chi connectivity index (χ0v) is 16.3. The van der Waals surface area contributed by atoms with Gasteiger partial charge in [0, 0.05) is 26.9 Å². The summed E-state index contributed by atoms with van der Waals surface area (Å²) in [6.07, 6.45) is 0. The van der Waals surface area contributed by atoms with Gasteiger partial charge in [0.2, 0.25) is 0 Å². The molecule has 1 heterocycles. The van der Waals surface area contributed by atoms with Gasteiger partial charge in [-0.15, -0.1) is 0 Å². The molecule has 3 rings (SSSR count). The summed E-state index contributed by atoms with van der Waals surface area (Å²) >= 11 is 0. The van der Waals surface area contributed by atoms with E-state index >= 15 is 0 Å². The van der Waals surface area contributed by atoms with E-state index in [-0.39, 0.29) is 9.79 Å². The number of hydrogen-bond donors (Lipinski definition) is 0. The second kappa shape index (κ2) is 6.70. The second-order valence-corrected chi connectivity index (χ2v) is 10.5. The van der Waals surface area contributed by atoms with Gasteiger partial charge in [-0.2, -0.15) is 0 Å². The summed E-state index contributed by atoms with van der Waals surface area (Å²) in [4.78, 5) is -0.0910. The Hall–Kier alpha value is -1.87. The fourth-order valence-corrected chi connectivity index (χ4v) is 4.05. The molecule has 6 nitrogen and oxygen atoms in total. The molecule has 0 N–H and O–H groups in total. The van der Waals surface area contributed by atoms with Gasteiger partial charge in [-0.25, -0.2) is 16.8 Å². The highest BCUT2D eigenvalue weighted by atomic mass is 35.7. The van der Waals surface area contributed by atoms with Crippen molar-refractivity contribution in [1.82, 2.24) is 5.16 Å². The molecule has 0 atom stereocenters. The van der Waals surface area contributed by atoms with E-state index in [9.17, 15) is 16.8 Å². The zero-order chi connectivity index (χ0) is 19.1. The van der Waals surface area contributed by atoms with E-state index in [0.717, 1.165) is 0 Å². The van der Waals surface area contributed by atoms with Gasteiger partial charge in [0.1, 0.15) is 11.5 Å². The van der Waals surface area contributed by atoms with Crippen LogP contribution in [0.15, 0.2) is 62.8 Å². The Morgan fingerprint density at radius 2 is 1.46 bits per heavy atom. The fourth-order valence-electron chi connectivity index (χ4n) is 2.49. The fraction of sp³-hybridized carbons (Fsp3) is 0.0625. The Balaban J connectivity index is 2.14. The highest BCUT2D eigenvalue weighted by molar-refractivity contribution is 8.14. The van der Waals surface area contributed by atoms with Crippen LogP contribution < -0.4 is 0 Å². The molecule has 0 spiro atoms. The van der Waals surface area contributed by atoms with Crippen molar-refractivity contribution in [2.45, 2.75) is 16.7 Å². The number of benzene rings is 2. The topological polar surface area (TPSA) is 94.3 Å². The number of hydrogen-bond acceptors (Lipinski definition) is 6. The Labute approximate surface area is 159 Å². The summed E-state index contributed by atoms with van der Waals surface area (Å²) in [7, 11) is 3.01. The molecule has 26 heavy (non-hydrogen) atoms. The second-order valence-electron chi connectivity index (χ2n) is 5.39. The molecular formula is C16H11Cl2NO5S2. The van der Waals surface area contributed by atoms with Crippen molar-refractivity contribution in [2.75, 3.05) is 0 Å². The van der Waals surface area contributed by atoms with Crippen LogP contribution in [0.1, 0.15) is 5.76 Å². The van der Waals surface area contributed by atoms with Crippen LogP contribution in [-0.2, 0) is 18.1 Å². The predicted molar refractivity (Wildman–Crippen MR) is 98.2 cm³/mol. The van der Waals surface area contributed by atoms with Crippen LogP contribution in [-0.4, -0.2) is 22.0 Å². The first-order valence-electron chi connectivity index (χ1n) is 7.14. The molecule has 0 amide bonds. The molecule has 0 aliphatic rings. The maximum Gasteiger partial charge on any atom is 0.261 e. The lowest BCUT2D eigenvalue weighted by Crippen LogP contribution is -1.92. The van der Waals surface area contributed by atoms with Crippen molar-refractivity contribution in [3.05, 3.63) is 54.3 Å². The smallest absolute Gasteiger partial charge is 0.261 e. The summed E-state index contributed by atoms with van der Waals surface area (Å²) < 4.78 is 51.1. The third-order valence-corrected chi connectivity index (χ3v) is 6.40. The molecule has 0 aliphatic heterocycles. The van der Waals surface area contributed by atoms with E-state index in [1.54, 1.807) is 19.1 Å². The van der Waals surface area contributed by atoms with Gasteiger partial charge < -0.3 is 4.52 Å². The van der Waals surface area contributed by atoms with Gasteiger partial charge in [-0.05, 0) is 36.8 Å². The third-order valence-electron chi connectivity index (χ3n) is 3.68. The molecule has 0 radical (unpaired) electrons. The summed E-state index contributed by atoms with van der Waals surface area (Å²) in [5.74, 6) is 0.471. The van der Waals surface area contributed by atoms with E-state index in [0.29, 0.717) is 28.1 Å². The largest absolute Gasteiger partial charge is 0.360 e. The molecule has 1 aromatic heterocycles. The number of aryl methyl sites for hydroxylation is 1. The minimum atomic E-state index is -3.89.